The average Bonchev–Trinajstić information content (AvgIpc) is 3.43. The number of aromatic nitrogens is 6. The molecule has 0 aliphatic heterocycles. The van der Waals surface area contributed by atoms with E-state index in [2.05, 4.69) is 25.4 Å². The number of anilines is 1. The van der Waals surface area contributed by atoms with Gasteiger partial charge in [0.1, 0.15) is 5.82 Å². The summed E-state index contributed by atoms with van der Waals surface area (Å²) in [5, 5.41) is 7.34. The second-order valence-corrected chi connectivity index (χ2v) is 7.72. The third-order valence-electron chi connectivity index (χ3n) is 5.15. The molecule has 0 fully saturated rings. The molecule has 2 N–H and O–H groups in total. The lowest BCUT2D eigenvalue weighted by Gasteiger charge is -2.12. The minimum Gasteiger partial charge on any atom is -0.383 e. The minimum absolute atomic E-state index is 0.152. The van der Waals surface area contributed by atoms with E-state index < -0.39 is 11.7 Å². The van der Waals surface area contributed by atoms with Crippen molar-refractivity contribution in [3.63, 3.8) is 0 Å². The van der Waals surface area contributed by atoms with Crippen LogP contribution in [-0.4, -0.2) is 49.6 Å². The highest BCUT2D eigenvalue weighted by molar-refractivity contribution is 5.75. The fourth-order valence-electron chi connectivity index (χ4n) is 3.56. The number of ether oxygens (including phenoxy) is 1. The summed E-state index contributed by atoms with van der Waals surface area (Å²) in [6.45, 7) is 3.54. The molecule has 0 spiro atoms. The summed E-state index contributed by atoms with van der Waals surface area (Å²) in [6.07, 6.45) is -0.474. The van der Waals surface area contributed by atoms with Gasteiger partial charge in [0.2, 0.25) is 5.95 Å². The third-order valence-corrected chi connectivity index (χ3v) is 5.15. The van der Waals surface area contributed by atoms with E-state index in [-0.39, 0.29) is 23.3 Å². The van der Waals surface area contributed by atoms with E-state index in [0.29, 0.717) is 42.6 Å². The van der Waals surface area contributed by atoms with Crippen LogP contribution in [-0.2, 0) is 24.0 Å². The van der Waals surface area contributed by atoms with Gasteiger partial charge in [-0.1, -0.05) is 19.1 Å². The Hall–Kier alpha value is -3.67. The molecule has 1 aromatic carbocycles. The smallest absolute Gasteiger partial charge is 0.383 e. The number of H-pyrrole nitrogens is 1. The van der Waals surface area contributed by atoms with Crippen molar-refractivity contribution in [3.05, 3.63) is 58.1 Å². The van der Waals surface area contributed by atoms with Crippen LogP contribution in [0.15, 0.2) is 41.5 Å². The van der Waals surface area contributed by atoms with Crippen molar-refractivity contribution < 1.29 is 17.9 Å². The maximum atomic E-state index is 13.0. The molecule has 0 atom stereocenters. The van der Waals surface area contributed by atoms with Crippen molar-refractivity contribution in [1.82, 2.24) is 29.3 Å². The largest absolute Gasteiger partial charge is 0.416 e. The number of halogens is 3. The number of fused-ring (bicyclic) bond motifs is 1. The molecule has 0 radical (unpaired) electrons. The van der Waals surface area contributed by atoms with Gasteiger partial charge in [-0.25, -0.2) is 4.98 Å². The lowest BCUT2D eigenvalue weighted by atomic mass is 10.1. The summed E-state index contributed by atoms with van der Waals surface area (Å²) < 4.78 is 47.0. The number of hydrogen-bond donors (Lipinski definition) is 2. The van der Waals surface area contributed by atoms with Crippen molar-refractivity contribution in [2.45, 2.75) is 32.6 Å². The molecular formula is C22H24F3N7O2. The highest BCUT2D eigenvalue weighted by atomic mass is 19.4. The van der Waals surface area contributed by atoms with Gasteiger partial charge in [0.25, 0.3) is 5.56 Å². The van der Waals surface area contributed by atoms with Crippen LogP contribution in [0.3, 0.4) is 0 Å². The molecule has 4 rings (SSSR count). The van der Waals surface area contributed by atoms with Crippen LogP contribution < -0.4 is 10.9 Å². The molecule has 0 saturated carbocycles. The van der Waals surface area contributed by atoms with E-state index in [1.165, 1.54) is 16.9 Å². The van der Waals surface area contributed by atoms with E-state index in [1.807, 2.05) is 6.92 Å². The SMILES string of the molecule is CCCn1c(NCCOC)nc2nc(-c3cnn(Cc4cccc(C(F)(F)F)c4)c3)[nH]c2c1=O. The predicted molar refractivity (Wildman–Crippen MR) is 121 cm³/mol. The maximum absolute atomic E-state index is 13.0. The van der Waals surface area contributed by atoms with E-state index in [4.69, 9.17) is 4.74 Å². The van der Waals surface area contributed by atoms with Crippen molar-refractivity contribution >= 4 is 17.1 Å². The first-order valence-electron chi connectivity index (χ1n) is 10.7. The number of methoxy groups -OCH3 is 1. The fraction of sp³-hybridized carbons (Fsp3) is 0.364. The van der Waals surface area contributed by atoms with Crippen molar-refractivity contribution in [3.8, 4) is 11.4 Å². The third kappa shape index (κ3) is 4.96. The zero-order valence-electron chi connectivity index (χ0n) is 18.7. The highest BCUT2D eigenvalue weighted by Gasteiger charge is 2.30. The number of nitrogens with one attached hydrogen (secondary N) is 2. The molecule has 0 unspecified atom stereocenters. The number of benzene rings is 1. The average molecular weight is 475 g/mol. The summed E-state index contributed by atoms with van der Waals surface area (Å²) in [5.41, 5.74) is 0.621. The first-order chi connectivity index (χ1) is 16.3. The highest BCUT2D eigenvalue weighted by Crippen LogP contribution is 2.29. The number of hydrogen-bond acceptors (Lipinski definition) is 6. The van der Waals surface area contributed by atoms with Gasteiger partial charge in [-0.05, 0) is 24.1 Å². The summed E-state index contributed by atoms with van der Waals surface area (Å²) in [6, 6.07) is 5.10. The van der Waals surface area contributed by atoms with Crippen LogP contribution in [0.5, 0.6) is 0 Å². The molecule has 180 valence electrons. The topological polar surface area (TPSA) is 103 Å². The van der Waals surface area contributed by atoms with E-state index in [9.17, 15) is 18.0 Å². The Morgan fingerprint density at radius 2 is 2.06 bits per heavy atom. The van der Waals surface area contributed by atoms with Crippen molar-refractivity contribution in [2.75, 3.05) is 25.6 Å². The lowest BCUT2D eigenvalue weighted by Crippen LogP contribution is -2.26. The second kappa shape index (κ2) is 9.67. The molecule has 34 heavy (non-hydrogen) atoms. The normalized spacial score (nSPS) is 11.9. The van der Waals surface area contributed by atoms with Crippen LogP contribution in [0.2, 0.25) is 0 Å². The quantitative estimate of drug-likeness (QED) is 0.359. The first-order valence-corrected chi connectivity index (χ1v) is 10.7. The first kappa shape index (κ1) is 23.5. The fourth-order valence-corrected chi connectivity index (χ4v) is 3.56. The lowest BCUT2D eigenvalue weighted by molar-refractivity contribution is -0.137. The summed E-state index contributed by atoms with van der Waals surface area (Å²) in [5.74, 6) is 0.807. The predicted octanol–water partition coefficient (Wildman–Crippen LogP) is 3.52. The molecule has 0 bridgehead atoms. The van der Waals surface area contributed by atoms with Gasteiger partial charge >= 0.3 is 6.18 Å². The number of nitrogens with zero attached hydrogens (tertiary/aromatic N) is 5. The Balaban J connectivity index is 1.62. The van der Waals surface area contributed by atoms with Crippen LogP contribution in [0.4, 0.5) is 19.1 Å². The van der Waals surface area contributed by atoms with Gasteiger partial charge in [-0.3, -0.25) is 14.0 Å². The zero-order valence-corrected chi connectivity index (χ0v) is 18.7. The number of imidazole rings is 1. The monoisotopic (exact) mass is 475 g/mol. The molecule has 9 nitrogen and oxygen atoms in total. The number of rotatable bonds is 9. The molecule has 3 heterocycles. The molecular weight excluding hydrogens is 451 g/mol. The summed E-state index contributed by atoms with van der Waals surface area (Å²) in [7, 11) is 1.59. The van der Waals surface area contributed by atoms with E-state index >= 15 is 0 Å². The summed E-state index contributed by atoms with van der Waals surface area (Å²) in [4.78, 5) is 25.0. The standard InChI is InChI=1S/C22H24F3N7O2/c1-3-8-32-20(33)17-19(30-21(32)26-7-9-34-2)29-18(28-17)15-11-27-31(13-15)12-14-5-4-6-16(10-14)22(23,24)25/h4-6,10-11,13H,3,7-9,12H2,1-2H3,(H,26,30)(H,28,29). The molecule has 0 aliphatic rings. The Morgan fingerprint density at radius 3 is 2.79 bits per heavy atom. The van der Waals surface area contributed by atoms with Gasteiger partial charge in [-0.15, -0.1) is 0 Å². The Bertz CT molecular complexity index is 1340. The Morgan fingerprint density at radius 1 is 1.24 bits per heavy atom. The Labute approximate surface area is 192 Å². The molecule has 0 amide bonds. The van der Waals surface area contributed by atoms with E-state index in [1.54, 1.807) is 23.9 Å². The van der Waals surface area contributed by atoms with Crippen LogP contribution in [0.1, 0.15) is 24.5 Å². The van der Waals surface area contributed by atoms with E-state index in [0.717, 1.165) is 18.6 Å². The molecule has 0 saturated heterocycles. The molecule has 3 aromatic heterocycles. The van der Waals surface area contributed by atoms with Gasteiger partial charge in [0, 0.05) is 26.4 Å². The number of alkyl halides is 3. The second-order valence-electron chi connectivity index (χ2n) is 7.72. The number of aromatic amines is 1. The Kier molecular flexibility index (Phi) is 6.68. The van der Waals surface area contributed by atoms with Gasteiger partial charge < -0.3 is 15.0 Å². The van der Waals surface area contributed by atoms with Gasteiger partial charge in [0.05, 0.1) is 30.5 Å². The van der Waals surface area contributed by atoms with Gasteiger partial charge in [-0.2, -0.15) is 23.3 Å². The zero-order chi connectivity index (χ0) is 24.3. The van der Waals surface area contributed by atoms with Crippen LogP contribution >= 0.6 is 0 Å². The molecule has 0 aliphatic carbocycles. The van der Waals surface area contributed by atoms with Crippen molar-refractivity contribution in [1.29, 1.82) is 0 Å². The minimum atomic E-state index is -4.41. The maximum Gasteiger partial charge on any atom is 0.416 e. The molecule has 4 aromatic rings. The molecule has 12 heteroatoms. The van der Waals surface area contributed by atoms with Crippen molar-refractivity contribution in [2.24, 2.45) is 0 Å². The van der Waals surface area contributed by atoms with Gasteiger partial charge in [0.15, 0.2) is 11.2 Å². The summed E-state index contributed by atoms with van der Waals surface area (Å²) >= 11 is 0. The van der Waals surface area contributed by atoms with Crippen LogP contribution in [0.25, 0.3) is 22.6 Å². The van der Waals surface area contributed by atoms with Crippen LogP contribution in [0, 0.1) is 0 Å².